The lowest BCUT2D eigenvalue weighted by Gasteiger charge is -2.05. The second-order valence-corrected chi connectivity index (χ2v) is 7.24. The highest BCUT2D eigenvalue weighted by atomic mass is 15.3. The Balaban J connectivity index is 1.47. The maximum Gasteiger partial charge on any atom is 0.130 e. The Kier molecular flexibility index (Phi) is 3.72. The SMILES string of the molecule is CCc1ccc2[nH]c(Cc3cnn(-c4ccc5nc(C)[nH]c5c4)c3N)cc2c1. The highest BCUT2D eigenvalue weighted by Gasteiger charge is 2.12. The van der Waals surface area contributed by atoms with E-state index in [-0.39, 0.29) is 0 Å². The summed E-state index contributed by atoms with van der Waals surface area (Å²) in [5.74, 6) is 1.55. The summed E-state index contributed by atoms with van der Waals surface area (Å²) in [6, 6.07) is 14.8. The zero-order valence-corrected chi connectivity index (χ0v) is 16.0. The molecule has 0 aliphatic carbocycles. The van der Waals surface area contributed by atoms with Crippen molar-refractivity contribution in [2.24, 2.45) is 0 Å². The predicted molar refractivity (Wildman–Crippen MR) is 113 cm³/mol. The van der Waals surface area contributed by atoms with Gasteiger partial charge in [0.2, 0.25) is 0 Å². The van der Waals surface area contributed by atoms with Crippen molar-refractivity contribution in [3.05, 3.63) is 71.3 Å². The number of anilines is 1. The first-order valence-corrected chi connectivity index (χ1v) is 9.50. The van der Waals surface area contributed by atoms with Crippen molar-refractivity contribution in [1.29, 1.82) is 0 Å². The minimum absolute atomic E-state index is 0.656. The fourth-order valence-electron chi connectivity index (χ4n) is 3.75. The number of aryl methyl sites for hydroxylation is 2. The molecular weight excluding hydrogens is 348 g/mol. The van der Waals surface area contributed by atoms with E-state index in [1.165, 1.54) is 10.9 Å². The van der Waals surface area contributed by atoms with Crippen molar-refractivity contribution in [2.45, 2.75) is 26.7 Å². The Morgan fingerprint density at radius 3 is 2.79 bits per heavy atom. The van der Waals surface area contributed by atoms with Crippen molar-refractivity contribution in [3.8, 4) is 5.69 Å². The lowest BCUT2D eigenvalue weighted by Crippen LogP contribution is -2.03. The molecule has 2 aromatic carbocycles. The fourth-order valence-corrected chi connectivity index (χ4v) is 3.75. The number of fused-ring (bicyclic) bond motifs is 2. The molecular formula is C22H22N6. The molecule has 0 bridgehead atoms. The molecule has 4 N–H and O–H groups in total. The quantitative estimate of drug-likeness (QED) is 0.441. The summed E-state index contributed by atoms with van der Waals surface area (Å²) < 4.78 is 1.78. The smallest absolute Gasteiger partial charge is 0.130 e. The second kappa shape index (κ2) is 6.27. The van der Waals surface area contributed by atoms with E-state index in [2.05, 4.69) is 51.2 Å². The summed E-state index contributed by atoms with van der Waals surface area (Å²) in [4.78, 5) is 11.2. The van der Waals surface area contributed by atoms with Crippen molar-refractivity contribution in [2.75, 3.05) is 5.73 Å². The molecule has 0 amide bonds. The minimum atomic E-state index is 0.656. The third-order valence-corrected chi connectivity index (χ3v) is 5.24. The van der Waals surface area contributed by atoms with Gasteiger partial charge in [0.15, 0.2) is 0 Å². The highest BCUT2D eigenvalue weighted by Crippen LogP contribution is 2.24. The second-order valence-electron chi connectivity index (χ2n) is 7.24. The van der Waals surface area contributed by atoms with Crippen LogP contribution >= 0.6 is 0 Å². The molecule has 5 rings (SSSR count). The van der Waals surface area contributed by atoms with Gasteiger partial charge in [0, 0.05) is 23.2 Å². The molecule has 0 aliphatic heterocycles. The number of hydrogen-bond donors (Lipinski definition) is 3. The molecule has 0 unspecified atom stereocenters. The van der Waals surface area contributed by atoms with Gasteiger partial charge in [0.25, 0.3) is 0 Å². The number of rotatable bonds is 4. The first-order valence-electron chi connectivity index (χ1n) is 9.50. The van der Waals surface area contributed by atoms with E-state index >= 15 is 0 Å². The first kappa shape index (κ1) is 16.6. The molecule has 6 heteroatoms. The zero-order chi connectivity index (χ0) is 19.3. The predicted octanol–water partition coefficient (Wildman–Crippen LogP) is 4.27. The van der Waals surface area contributed by atoms with Crippen LogP contribution in [0.2, 0.25) is 0 Å². The summed E-state index contributed by atoms with van der Waals surface area (Å²) in [6.07, 6.45) is 3.60. The summed E-state index contributed by atoms with van der Waals surface area (Å²) in [5, 5.41) is 5.76. The standard InChI is InChI=1S/C22H22N6/c1-3-14-4-6-19-15(8-14)9-17(27-19)10-16-12-24-28(22(16)23)18-5-7-20-21(11-18)26-13(2)25-20/h4-9,11-12,27H,3,10,23H2,1-2H3,(H,25,26). The first-order chi connectivity index (χ1) is 13.6. The highest BCUT2D eigenvalue weighted by molar-refractivity contribution is 5.81. The molecule has 140 valence electrons. The van der Waals surface area contributed by atoms with Crippen LogP contribution in [0.15, 0.2) is 48.7 Å². The molecule has 6 nitrogen and oxygen atoms in total. The lowest BCUT2D eigenvalue weighted by atomic mass is 10.1. The number of nitrogens with zero attached hydrogens (tertiary/aromatic N) is 3. The molecule has 5 aromatic rings. The average Bonchev–Trinajstić information content (AvgIpc) is 3.36. The number of benzene rings is 2. The largest absolute Gasteiger partial charge is 0.383 e. The Bertz CT molecular complexity index is 1300. The number of aromatic amines is 2. The van der Waals surface area contributed by atoms with Gasteiger partial charge in [-0.2, -0.15) is 5.10 Å². The number of nitrogens with one attached hydrogen (secondary N) is 2. The van der Waals surface area contributed by atoms with Crippen LogP contribution in [0.3, 0.4) is 0 Å². The summed E-state index contributed by atoms with van der Waals surface area (Å²) in [5.41, 5.74) is 13.9. The van der Waals surface area contributed by atoms with Crippen molar-refractivity contribution in [1.82, 2.24) is 24.7 Å². The minimum Gasteiger partial charge on any atom is -0.383 e. The van der Waals surface area contributed by atoms with Crippen LogP contribution in [0.5, 0.6) is 0 Å². The van der Waals surface area contributed by atoms with Gasteiger partial charge >= 0.3 is 0 Å². The number of hydrogen-bond acceptors (Lipinski definition) is 3. The van der Waals surface area contributed by atoms with Gasteiger partial charge in [0.05, 0.1) is 22.9 Å². The van der Waals surface area contributed by atoms with Crippen LogP contribution in [0.1, 0.15) is 29.6 Å². The molecule has 0 aliphatic rings. The average molecular weight is 370 g/mol. The van der Waals surface area contributed by atoms with E-state index in [0.717, 1.165) is 45.7 Å². The number of imidazole rings is 1. The van der Waals surface area contributed by atoms with Crippen LogP contribution in [0.25, 0.3) is 27.6 Å². The van der Waals surface area contributed by atoms with E-state index in [0.29, 0.717) is 12.2 Å². The van der Waals surface area contributed by atoms with Gasteiger partial charge < -0.3 is 15.7 Å². The van der Waals surface area contributed by atoms with Gasteiger partial charge in [-0.1, -0.05) is 13.0 Å². The van der Waals surface area contributed by atoms with Crippen LogP contribution in [0.4, 0.5) is 5.82 Å². The molecule has 0 spiro atoms. The third-order valence-electron chi connectivity index (χ3n) is 5.24. The molecule has 0 fully saturated rings. The van der Waals surface area contributed by atoms with Gasteiger partial charge in [-0.25, -0.2) is 9.67 Å². The number of H-pyrrole nitrogens is 2. The van der Waals surface area contributed by atoms with Crippen LogP contribution in [-0.2, 0) is 12.8 Å². The molecule has 0 atom stereocenters. The van der Waals surface area contributed by atoms with Crippen LogP contribution in [0, 0.1) is 6.92 Å². The van der Waals surface area contributed by atoms with E-state index in [4.69, 9.17) is 5.73 Å². The van der Waals surface area contributed by atoms with Crippen LogP contribution < -0.4 is 5.73 Å². The van der Waals surface area contributed by atoms with Crippen molar-refractivity contribution in [3.63, 3.8) is 0 Å². The van der Waals surface area contributed by atoms with E-state index in [1.807, 2.05) is 31.3 Å². The fraction of sp³-hybridized carbons (Fsp3) is 0.182. The van der Waals surface area contributed by atoms with Gasteiger partial charge in [-0.3, -0.25) is 0 Å². The summed E-state index contributed by atoms with van der Waals surface area (Å²) in [6.45, 7) is 4.12. The molecule has 0 saturated carbocycles. The molecule has 0 radical (unpaired) electrons. The molecule has 3 heterocycles. The van der Waals surface area contributed by atoms with Gasteiger partial charge in [-0.15, -0.1) is 0 Å². The van der Waals surface area contributed by atoms with Crippen LogP contribution in [-0.4, -0.2) is 24.7 Å². The molecule has 0 saturated heterocycles. The Morgan fingerprint density at radius 2 is 1.93 bits per heavy atom. The maximum atomic E-state index is 6.43. The lowest BCUT2D eigenvalue weighted by molar-refractivity contribution is 0.892. The Morgan fingerprint density at radius 1 is 1.04 bits per heavy atom. The van der Waals surface area contributed by atoms with Gasteiger partial charge in [-0.05, 0) is 60.7 Å². The molecule has 3 aromatic heterocycles. The van der Waals surface area contributed by atoms with E-state index < -0.39 is 0 Å². The third kappa shape index (κ3) is 2.74. The zero-order valence-electron chi connectivity index (χ0n) is 16.0. The van der Waals surface area contributed by atoms with Crippen molar-refractivity contribution < 1.29 is 0 Å². The van der Waals surface area contributed by atoms with E-state index in [1.54, 1.807) is 4.68 Å². The Labute approximate surface area is 162 Å². The summed E-state index contributed by atoms with van der Waals surface area (Å²) >= 11 is 0. The van der Waals surface area contributed by atoms with Crippen molar-refractivity contribution >= 4 is 27.8 Å². The molecule has 28 heavy (non-hydrogen) atoms. The monoisotopic (exact) mass is 370 g/mol. The number of nitrogens with two attached hydrogens (primary N) is 1. The number of aromatic nitrogens is 5. The Hall–Kier alpha value is -3.54. The topological polar surface area (TPSA) is 88.3 Å². The van der Waals surface area contributed by atoms with Gasteiger partial charge in [0.1, 0.15) is 11.6 Å². The normalized spacial score (nSPS) is 11.6. The number of nitrogen functional groups attached to an aromatic ring is 1. The maximum absolute atomic E-state index is 6.43. The van der Waals surface area contributed by atoms with E-state index in [9.17, 15) is 0 Å². The summed E-state index contributed by atoms with van der Waals surface area (Å²) in [7, 11) is 0.